The Morgan fingerprint density at radius 2 is 1.86 bits per heavy atom. The number of piperidine rings is 1. The number of aryl methyl sites for hydroxylation is 2. The van der Waals surface area contributed by atoms with E-state index in [4.69, 9.17) is 0 Å². The SMILES string of the molecule is Cn1cnc2ncnc(NCC3CCN(S(=O)(=O)CCc4ccccc4)CC3)c21. The van der Waals surface area contributed by atoms with E-state index in [0.717, 1.165) is 36.3 Å². The van der Waals surface area contributed by atoms with E-state index < -0.39 is 10.0 Å². The van der Waals surface area contributed by atoms with Gasteiger partial charge in [0.15, 0.2) is 11.5 Å². The quantitative estimate of drug-likeness (QED) is 0.636. The minimum atomic E-state index is -3.22. The zero-order chi connectivity index (χ0) is 20.3. The molecule has 0 bridgehead atoms. The van der Waals surface area contributed by atoms with Gasteiger partial charge in [-0.1, -0.05) is 30.3 Å². The van der Waals surface area contributed by atoms with E-state index in [1.165, 1.54) is 6.33 Å². The lowest BCUT2D eigenvalue weighted by Crippen LogP contribution is -2.41. The summed E-state index contributed by atoms with van der Waals surface area (Å²) in [6.45, 7) is 1.91. The van der Waals surface area contributed by atoms with Gasteiger partial charge in [0.1, 0.15) is 11.8 Å². The van der Waals surface area contributed by atoms with Crippen molar-refractivity contribution in [3.8, 4) is 0 Å². The van der Waals surface area contributed by atoms with Gasteiger partial charge in [0.05, 0.1) is 12.1 Å². The molecule has 0 saturated carbocycles. The molecule has 0 atom stereocenters. The first-order valence-electron chi connectivity index (χ1n) is 9.90. The summed E-state index contributed by atoms with van der Waals surface area (Å²) in [6, 6.07) is 9.77. The Kier molecular flexibility index (Phi) is 5.77. The minimum absolute atomic E-state index is 0.166. The van der Waals surface area contributed by atoms with E-state index in [2.05, 4.69) is 20.3 Å². The van der Waals surface area contributed by atoms with Crippen LogP contribution in [-0.2, 0) is 23.5 Å². The van der Waals surface area contributed by atoms with Crippen LogP contribution in [0.25, 0.3) is 11.2 Å². The van der Waals surface area contributed by atoms with Crippen molar-refractivity contribution in [1.29, 1.82) is 0 Å². The molecule has 9 heteroatoms. The van der Waals surface area contributed by atoms with E-state index in [-0.39, 0.29) is 5.75 Å². The maximum Gasteiger partial charge on any atom is 0.214 e. The molecule has 154 valence electrons. The van der Waals surface area contributed by atoms with E-state index in [1.807, 2.05) is 41.9 Å². The number of benzene rings is 1. The van der Waals surface area contributed by atoms with Crippen LogP contribution >= 0.6 is 0 Å². The molecule has 0 unspecified atom stereocenters. The highest BCUT2D eigenvalue weighted by molar-refractivity contribution is 7.89. The Hall–Kier alpha value is -2.52. The van der Waals surface area contributed by atoms with Crippen LogP contribution in [-0.4, -0.2) is 57.6 Å². The van der Waals surface area contributed by atoms with Crippen molar-refractivity contribution in [3.63, 3.8) is 0 Å². The molecule has 8 nitrogen and oxygen atoms in total. The summed E-state index contributed by atoms with van der Waals surface area (Å²) in [5.41, 5.74) is 2.61. The zero-order valence-corrected chi connectivity index (χ0v) is 17.3. The molecule has 1 N–H and O–H groups in total. The average Bonchev–Trinajstić information content (AvgIpc) is 3.13. The van der Waals surface area contributed by atoms with Crippen molar-refractivity contribution in [2.45, 2.75) is 19.3 Å². The van der Waals surface area contributed by atoms with Crippen LogP contribution in [0, 0.1) is 5.92 Å². The second-order valence-electron chi connectivity index (χ2n) is 7.52. The molecule has 0 spiro atoms. The fourth-order valence-electron chi connectivity index (χ4n) is 3.77. The second-order valence-corrected chi connectivity index (χ2v) is 9.61. The topological polar surface area (TPSA) is 93.0 Å². The van der Waals surface area contributed by atoms with Crippen molar-refractivity contribution in [2.24, 2.45) is 13.0 Å². The molecule has 4 rings (SSSR count). The second kappa shape index (κ2) is 8.46. The minimum Gasteiger partial charge on any atom is -0.368 e. The lowest BCUT2D eigenvalue weighted by molar-refractivity contribution is 0.282. The largest absolute Gasteiger partial charge is 0.368 e. The number of aromatic nitrogens is 4. The van der Waals surface area contributed by atoms with Gasteiger partial charge in [-0.3, -0.25) is 0 Å². The van der Waals surface area contributed by atoms with E-state index >= 15 is 0 Å². The van der Waals surface area contributed by atoms with Crippen LogP contribution in [0.1, 0.15) is 18.4 Å². The number of imidazole rings is 1. The molecule has 0 amide bonds. The van der Waals surface area contributed by atoms with Gasteiger partial charge in [-0.25, -0.2) is 27.7 Å². The number of fused-ring (bicyclic) bond motifs is 1. The van der Waals surface area contributed by atoms with Gasteiger partial charge < -0.3 is 9.88 Å². The Morgan fingerprint density at radius 1 is 1.10 bits per heavy atom. The third kappa shape index (κ3) is 4.56. The van der Waals surface area contributed by atoms with Crippen LogP contribution in [0.4, 0.5) is 5.82 Å². The van der Waals surface area contributed by atoms with Crippen molar-refractivity contribution in [1.82, 2.24) is 23.8 Å². The van der Waals surface area contributed by atoms with Gasteiger partial charge in [0, 0.05) is 26.7 Å². The fourth-order valence-corrected chi connectivity index (χ4v) is 5.29. The summed E-state index contributed by atoms with van der Waals surface area (Å²) < 4.78 is 28.9. The van der Waals surface area contributed by atoms with Crippen LogP contribution in [0.2, 0.25) is 0 Å². The lowest BCUT2D eigenvalue weighted by Gasteiger charge is -2.31. The molecule has 1 fully saturated rings. The predicted octanol–water partition coefficient (Wildman–Crippen LogP) is 2.06. The highest BCUT2D eigenvalue weighted by Gasteiger charge is 2.27. The summed E-state index contributed by atoms with van der Waals surface area (Å²) in [4.78, 5) is 12.8. The number of anilines is 1. The molecule has 1 aliphatic heterocycles. The first kappa shape index (κ1) is 19.8. The summed E-state index contributed by atoms with van der Waals surface area (Å²) in [5.74, 6) is 1.35. The Labute approximate surface area is 171 Å². The molecular formula is C20H26N6O2S. The number of nitrogens with one attached hydrogen (secondary N) is 1. The van der Waals surface area contributed by atoms with Crippen molar-refractivity contribution < 1.29 is 8.42 Å². The number of sulfonamides is 1. The standard InChI is InChI=1S/C20H26N6O2S/c1-25-15-24-20-18(25)19(22-14-23-20)21-13-17-7-10-26(11-8-17)29(27,28)12-9-16-5-3-2-4-6-16/h2-6,14-15,17H,7-13H2,1H3,(H,21,22,23). The monoisotopic (exact) mass is 414 g/mol. The number of rotatable bonds is 7. The molecule has 0 aliphatic carbocycles. The number of hydrogen-bond acceptors (Lipinski definition) is 6. The highest BCUT2D eigenvalue weighted by atomic mass is 32.2. The Morgan fingerprint density at radius 3 is 2.62 bits per heavy atom. The first-order valence-corrected chi connectivity index (χ1v) is 11.5. The van der Waals surface area contributed by atoms with Crippen LogP contribution in [0.3, 0.4) is 0 Å². The molecule has 2 aromatic heterocycles. The maximum atomic E-state index is 12.7. The third-order valence-corrected chi connectivity index (χ3v) is 7.40. The fraction of sp³-hybridized carbons (Fsp3) is 0.450. The van der Waals surface area contributed by atoms with E-state index in [1.54, 1.807) is 10.6 Å². The predicted molar refractivity (Wildman–Crippen MR) is 113 cm³/mol. The van der Waals surface area contributed by atoms with Crippen LogP contribution in [0.5, 0.6) is 0 Å². The smallest absolute Gasteiger partial charge is 0.214 e. The first-order chi connectivity index (χ1) is 14.0. The van der Waals surface area contributed by atoms with E-state index in [0.29, 0.717) is 31.1 Å². The molecule has 1 aliphatic rings. The molecule has 1 aromatic carbocycles. The van der Waals surface area contributed by atoms with Gasteiger partial charge in [-0.2, -0.15) is 0 Å². The summed E-state index contributed by atoms with van der Waals surface area (Å²) >= 11 is 0. The highest BCUT2D eigenvalue weighted by Crippen LogP contribution is 2.23. The van der Waals surface area contributed by atoms with E-state index in [9.17, 15) is 8.42 Å². The Balaban J connectivity index is 1.29. The summed E-state index contributed by atoms with van der Waals surface area (Å²) in [5, 5.41) is 3.40. The third-order valence-electron chi connectivity index (χ3n) is 5.53. The number of nitrogens with zero attached hydrogens (tertiary/aromatic N) is 5. The molecule has 3 aromatic rings. The van der Waals surface area contributed by atoms with Crippen molar-refractivity contribution in [2.75, 3.05) is 30.7 Å². The van der Waals surface area contributed by atoms with Gasteiger partial charge >= 0.3 is 0 Å². The maximum absolute atomic E-state index is 12.7. The molecular weight excluding hydrogens is 388 g/mol. The van der Waals surface area contributed by atoms with Crippen molar-refractivity contribution >= 4 is 27.0 Å². The Bertz CT molecular complexity index is 1060. The normalized spacial score (nSPS) is 16.3. The molecule has 29 heavy (non-hydrogen) atoms. The van der Waals surface area contributed by atoms with Gasteiger partial charge in [-0.05, 0) is 30.7 Å². The summed E-state index contributed by atoms with van der Waals surface area (Å²) in [6.07, 6.45) is 5.48. The van der Waals surface area contributed by atoms with Gasteiger partial charge in [0.2, 0.25) is 10.0 Å². The van der Waals surface area contributed by atoms with Crippen molar-refractivity contribution in [3.05, 3.63) is 48.5 Å². The summed E-state index contributed by atoms with van der Waals surface area (Å²) in [7, 11) is -1.30. The van der Waals surface area contributed by atoms with Gasteiger partial charge in [0.25, 0.3) is 0 Å². The lowest BCUT2D eigenvalue weighted by atomic mass is 9.98. The molecule has 1 saturated heterocycles. The van der Waals surface area contributed by atoms with Gasteiger partial charge in [-0.15, -0.1) is 0 Å². The average molecular weight is 415 g/mol. The van der Waals surface area contributed by atoms with Crippen LogP contribution in [0.15, 0.2) is 43.0 Å². The molecule has 3 heterocycles. The molecule has 0 radical (unpaired) electrons. The number of hydrogen-bond donors (Lipinski definition) is 1. The zero-order valence-electron chi connectivity index (χ0n) is 16.5. The van der Waals surface area contributed by atoms with Crippen LogP contribution < -0.4 is 5.32 Å².